The van der Waals surface area contributed by atoms with Crippen molar-refractivity contribution >= 4 is 17.6 Å². The summed E-state index contributed by atoms with van der Waals surface area (Å²) < 4.78 is 4.98. The minimum absolute atomic E-state index is 0.112. The Bertz CT molecular complexity index is 910. The summed E-state index contributed by atoms with van der Waals surface area (Å²) in [7, 11) is 0. The lowest BCUT2D eigenvalue weighted by Crippen LogP contribution is -2.23. The first kappa shape index (κ1) is 19.3. The molecule has 1 N–H and O–H groups in total. The molecule has 1 atom stereocenters. The van der Waals surface area contributed by atoms with Crippen LogP contribution in [0, 0.1) is 0 Å². The van der Waals surface area contributed by atoms with Crippen LogP contribution in [0.4, 0.5) is 5.69 Å². The van der Waals surface area contributed by atoms with Gasteiger partial charge in [-0.1, -0.05) is 36.4 Å². The van der Waals surface area contributed by atoms with E-state index in [1.165, 1.54) is 0 Å². The van der Waals surface area contributed by atoms with Crippen molar-refractivity contribution in [2.75, 3.05) is 11.9 Å². The van der Waals surface area contributed by atoms with Gasteiger partial charge >= 0.3 is 5.97 Å². The second kappa shape index (κ2) is 9.46. The molecule has 142 valence electrons. The summed E-state index contributed by atoms with van der Waals surface area (Å²) in [5.41, 5.74) is 3.01. The molecule has 5 nitrogen and oxygen atoms in total. The number of ether oxygens (including phenoxy) is 1. The van der Waals surface area contributed by atoms with Gasteiger partial charge in [-0.25, -0.2) is 4.79 Å². The van der Waals surface area contributed by atoms with Crippen LogP contribution in [-0.4, -0.2) is 23.5 Å². The normalized spacial score (nSPS) is 11.5. The Hall–Kier alpha value is -3.47. The van der Waals surface area contributed by atoms with Gasteiger partial charge in [-0.15, -0.1) is 0 Å². The molecule has 0 fully saturated rings. The third-order valence-corrected chi connectivity index (χ3v) is 4.34. The summed E-state index contributed by atoms with van der Waals surface area (Å²) in [4.78, 5) is 28.9. The fourth-order valence-electron chi connectivity index (χ4n) is 2.94. The standard InChI is InChI=1S/C23H22N2O3/c1-2-28-23(27)19-10-12-20(13-11-19)25-22(26)21(18-8-4-3-5-9-18)15-17-7-6-14-24-16-17/h3-14,16,21H,2,15H2,1H3,(H,25,26). The van der Waals surface area contributed by atoms with Crippen molar-refractivity contribution in [3.8, 4) is 0 Å². The molecule has 0 saturated heterocycles. The third-order valence-electron chi connectivity index (χ3n) is 4.34. The molecule has 5 heteroatoms. The lowest BCUT2D eigenvalue weighted by atomic mass is 9.91. The van der Waals surface area contributed by atoms with Gasteiger partial charge in [0.05, 0.1) is 18.1 Å². The number of rotatable bonds is 7. The average Bonchev–Trinajstić information content (AvgIpc) is 2.74. The molecule has 28 heavy (non-hydrogen) atoms. The Kier molecular flexibility index (Phi) is 6.52. The fourth-order valence-corrected chi connectivity index (χ4v) is 2.94. The highest BCUT2D eigenvalue weighted by molar-refractivity contribution is 5.97. The quantitative estimate of drug-likeness (QED) is 0.629. The van der Waals surface area contributed by atoms with Gasteiger partial charge in [-0.3, -0.25) is 9.78 Å². The monoisotopic (exact) mass is 374 g/mol. The Morgan fingerprint density at radius 1 is 1.00 bits per heavy atom. The summed E-state index contributed by atoms with van der Waals surface area (Å²) in [6.45, 7) is 2.09. The minimum atomic E-state index is -0.376. The van der Waals surface area contributed by atoms with E-state index in [0.717, 1.165) is 11.1 Å². The number of carbonyl (C=O) groups excluding carboxylic acids is 2. The molecular formula is C23H22N2O3. The maximum atomic E-state index is 13.0. The molecule has 1 unspecified atom stereocenters. The zero-order valence-corrected chi connectivity index (χ0v) is 15.7. The van der Waals surface area contributed by atoms with Crippen LogP contribution in [0.15, 0.2) is 79.1 Å². The van der Waals surface area contributed by atoms with Crippen molar-refractivity contribution in [2.24, 2.45) is 0 Å². The van der Waals surface area contributed by atoms with E-state index >= 15 is 0 Å². The molecule has 1 amide bonds. The van der Waals surface area contributed by atoms with Crippen molar-refractivity contribution in [2.45, 2.75) is 19.3 Å². The molecule has 0 spiro atoms. The second-order valence-electron chi connectivity index (χ2n) is 6.32. The van der Waals surface area contributed by atoms with Crippen LogP contribution in [0.25, 0.3) is 0 Å². The largest absolute Gasteiger partial charge is 0.462 e. The highest BCUT2D eigenvalue weighted by Gasteiger charge is 2.21. The number of hydrogen-bond donors (Lipinski definition) is 1. The number of nitrogens with one attached hydrogen (secondary N) is 1. The Labute approximate surface area is 164 Å². The number of pyridine rings is 1. The van der Waals surface area contributed by atoms with E-state index in [1.54, 1.807) is 43.6 Å². The summed E-state index contributed by atoms with van der Waals surface area (Å²) in [5.74, 6) is -0.840. The molecule has 1 heterocycles. The highest BCUT2D eigenvalue weighted by Crippen LogP contribution is 2.23. The summed E-state index contributed by atoms with van der Waals surface area (Å²) in [6.07, 6.45) is 4.04. The molecule has 3 rings (SSSR count). The van der Waals surface area contributed by atoms with Gasteiger partial charge < -0.3 is 10.1 Å². The summed E-state index contributed by atoms with van der Waals surface area (Å²) >= 11 is 0. The van der Waals surface area contributed by atoms with E-state index in [9.17, 15) is 9.59 Å². The fraction of sp³-hybridized carbons (Fsp3) is 0.174. The van der Waals surface area contributed by atoms with Gasteiger partial charge in [-0.2, -0.15) is 0 Å². The number of anilines is 1. The second-order valence-corrected chi connectivity index (χ2v) is 6.32. The van der Waals surface area contributed by atoms with E-state index in [4.69, 9.17) is 4.74 Å². The lowest BCUT2D eigenvalue weighted by molar-refractivity contribution is -0.117. The van der Waals surface area contributed by atoms with Crippen molar-refractivity contribution < 1.29 is 14.3 Å². The van der Waals surface area contributed by atoms with Crippen LogP contribution < -0.4 is 5.32 Å². The van der Waals surface area contributed by atoms with E-state index in [-0.39, 0.29) is 17.8 Å². The number of esters is 1. The number of nitrogens with zero attached hydrogens (tertiary/aromatic N) is 1. The molecule has 0 aliphatic heterocycles. The lowest BCUT2D eigenvalue weighted by Gasteiger charge is -2.17. The van der Waals surface area contributed by atoms with Crippen molar-refractivity contribution in [1.29, 1.82) is 0 Å². The van der Waals surface area contributed by atoms with Crippen LogP contribution >= 0.6 is 0 Å². The first-order valence-electron chi connectivity index (χ1n) is 9.19. The predicted molar refractivity (Wildman–Crippen MR) is 108 cm³/mol. The van der Waals surface area contributed by atoms with Crippen molar-refractivity contribution in [3.63, 3.8) is 0 Å². The van der Waals surface area contributed by atoms with Gasteiger partial charge in [0.1, 0.15) is 0 Å². The smallest absolute Gasteiger partial charge is 0.338 e. The van der Waals surface area contributed by atoms with Gasteiger partial charge in [0, 0.05) is 18.1 Å². The van der Waals surface area contributed by atoms with E-state index in [1.807, 2.05) is 42.5 Å². The van der Waals surface area contributed by atoms with E-state index < -0.39 is 0 Å². The number of carbonyl (C=O) groups is 2. The molecule has 2 aromatic carbocycles. The van der Waals surface area contributed by atoms with Gasteiger partial charge in [0.2, 0.25) is 5.91 Å². The number of aromatic nitrogens is 1. The predicted octanol–water partition coefficient (Wildman–Crippen LogP) is 4.22. The molecule has 1 aromatic heterocycles. The summed E-state index contributed by atoms with van der Waals surface area (Å²) in [5, 5.41) is 2.95. The number of benzene rings is 2. The third kappa shape index (κ3) is 5.04. The van der Waals surface area contributed by atoms with Crippen LogP contribution in [0.1, 0.15) is 34.3 Å². The average molecular weight is 374 g/mol. The molecule has 0 radical (unpaired) electrons. The SMILES string of the molecule is CCOC(=O)c1ccc(NC(=O)C(Cc2cccnc2)c2ccccc2)cc1. The first-order chi connectivity index (χ1) is 13.7. The maximum absolute atomic E-state index is 13.0. The zero-order chi connectivity index (χ0) is 19.8. The van der Waals surface area contributed by atoms with Crippen LogP contribution in [0.2, 0.25) is 0 Å². The molecule has 0 aliphatic carbocycles. The van der Waals surface area contributed by atoms with E-state index in [0.29, 0.717) is 24.3 Å². The molecule has 0 bridgehead atoms. The molecular weight excluding hydrogens is 352 g/mol. The Morgan fingerprint density at radius 3 is 2.39 bits per heavy atom. The van der Waals surface area contributed by atoms with Crippen LogP contribution in [0.3, 0.4) is 0 Å². The number of hydrogen-bond acceptors (Lipinski definition) is 4. The van der Waals surface area contributed by atoms with Crippen LogP contribution in [0.5, 0.6) is 0 Å². The minimum Gasteiger partial charge on any atom is -0.462 e. The Balaban J connectivity index is 1.77. The molecule has 0 saturated carbocycles. The molecule has 0 aliphatic rings. The maximum Gasteiger partial charge on any atom is 0.338 e. The van der Waals surface area contributed by atoms with Crippen LogP contribution in [-0.2, 0) is 16.0 Å². The first-order valence-corrected chi connectivity index (χ1v) is 9.19. The van der Waals surface area contributed by atoms with Gasteiger partial charge in [0.25, 0.3) is 0 Å². The highest BCUT2D eigenvalue weighted by atomic mass is 16.5. The van der Waals surface area contributed by atoms with Crippen molar-refractivity contribution in [3.05, 3.63) is 95.8 Å². The zero-order valence-electron chi connectivity index (χ0n) is 15.7. The van der Waals surface area contributed by atoms with Gasteiger partial charge in [0.15, 0.2) is 0 Å². The Morgan fingerprint density at radius 2 is 1.75 bits per heavy atom. The van der Waals surface area contributed by atoms with Crippen molar-refractivity contribution in [1.82, 2.24) is 4.98 Å². The van der Waals surface area contributed by atoms with E-state index in [2.05, 4.69) is 10.3 Å². The number of amides is 1. The molecule has 3 aromatic rings. The summed E-state index contributed by atoms with van der Waals surface area (Å²) in [6, 6.07) is 20.2. The topological polar surface area (TPSA) is 68.3 Å². The van der Waals surface area contributed by atoms with Gasteiger partial charge in [-0.05, 0) is 54.8 Å².